The van der Waals surface area contributed by atoms with Gasteiger partial charge in [-0.05, 0) is 169 Å². The first-order valence-corrected chi connectivity index (χ1v) is 24.5. The lowest BCUT2D eigenvalue weighted by atomic mass is 9.94. The highest BCUT2D eigenvalue weighted by atomic mass is 15.2. The summed E-state index contributed by atoms with van der Waals surface area (Å²) in [5.41, 5.74) is 11.9. The lowest BCUT2D eigenvalue weighted by molar-refractivity contribution is 1.22. The molecule has 3 nitrogen and oxygen atoms in total. The molecule has 0 saturated carbocycles. The summed E-state index contributed by atoms with van der Waals surface area (Å²) in [6.07, 6.45) is 0. The Morgan fingerprint density at radius 1 is 0.169 bits per heavy atom. The summed E-state index contributed by atoms with van der Waals surface area (Å²) in [6.45, 7) is 4.30. The van der Waals surface area contributed by atoms with Crippen molar-refractivity contribution in [2.75, 3.05) is 14.7 Å². The van der Waals surface area contributed by atoms with Crippen LogP contribution in [0.5, 0.6) is 0 Å². The standard InChI is InChI=1S/C68H49N3/c1-46-29-33-50(34-30-46)69(51-35-31-47(2)32-36-51)54-41-55(70(48-17-5-3-6-18-48)52-37-39-65-61-25-11-9-21-57(61)59-23-13-15-27-63(59)67(65)44-52)43-56(42-54)71(49-19-7-4-8-20-49)53-38-40-66-62-26-12-10-22-58(62)60-24-14-16-28-64(60)68(66)45-53/h3-45H,1-2H3. The van der Waals surface area contributed by atoms with Crippen LogP contribution < -0.4 is 14.7 Å². The van der Waals surface area contributed by atoms with Crippen molar-refractivity contribution in [3.05, 3.63) is 272 Å². The van der Waals surface area contributed by atoms with Crippen LogP contribution in [0.1, 0.15) is 11.1 Å². The highest BCUT2D eigenvalue weighted by Crippen LogP contribution is 2.48. The molecule has 13 aromatic rings. The summed E-state index contributed by atoms with van der Waals surface area (Å²) >= 11 is 0. The molecule has 336 valence electrons. The van der Waals surface area contributed by atoms with Gasteiger partial charge in [0.1, 0.15) is 0 Å². The quantitative estimate of drug-likeness (QED) is 0.134. The molecule has 0 bridgehead atoms. The number of para-hydroxylation sites is 2. The van der Waals surface area contributed by atoms with Crippen LogP contribution in [0, 0.1) is 13.8 Å². The second-order valence-electron chi connectivity index (χ2n) is 18.7. The third-order valence-corrected chi connectivity index (χ3v) is 14.2. The zero-order valence-corrected chi connectivity index (χ0v) is 39.7. The second kappa shape index (κ2) is 17.4. The molecule has 13 aromatic carbocycles. The maximum Gasteiger partial charge on any atom is 0.0503 e. The van der Waals surface area contributed by atoms with Gasteiger partial charge < -0.3 is 14.7 Å². The van der Waals surface area contributed by atoms with Gasteiger partial charge in [0.15, 0.2) is 0 Å². The van der Waals surface area contributed by atoms with Crippen molar-refractivity contribution in [2.45, 2.75) is 13.8 Å². The van der Waals surface area contributed by atoms with Gasteiger partial charge in [-0.2, -0.15) is 0 Å². The third kappa shape index (κ3) is 7.38. The minimum atomic E-state index is 1.02. The van der Waals surface area contributed by atoms with E-state index in [1.165, 1.54) is 75.8 Å². The van der Waals surface area contributed by atoms with Gasteiger partial charge in [0.05, 0.1) is 17.1 Å². The minimum absolute atomic E-state index is 1.02. The topological polar surface area (TPSA) is 9.72 Å². The molecule has 0 radical (unpaired) electrons. The van der Waals surface area contributed by atoms with E-state index < -0.39 is 0 Å². The smallest absolute Gasteiger partial charge is 0.0503 e. The number of rotatable bonds is 9. The van der Waals surface area contributed by atoms with E-state index in [1.54, 1.807) is 0 Å². The maximum absolute atomic E-state index is 2.43. The molecule has 0 saturated heterocycles. The summed E-state index contributed by atoms with van der Waals surface area (Å²) < 4.78 is 0. The molecule has 0 spiro atoms. The first-order valence-electron chi connectivity index (χ1n) is 24.5. The Kier molecular flexibility index (Phi) is 10.3. The molecule has 0 aliphatic heterocycles. The number of nitrogens with zero attached hydrogens (tertiary/aromatic N) is 3. The number of anilines is 9. The number of hydrogen-bond donors (Lipinski definition) is 0. The van der Waals surface area contributed by atoms with Crippen LogP contribution in [0.25, 0.3) is 64.6 Å². The molecule has 0 aromatic heterocycles. The van der Waals surface area contributed by atoms with Crippen LogP contribution in [0.3, 0.4) is 0 Å². The number of benzene rings is 13. The van der Waals surface area contributed by atoms with E-state index in [2.05, 4.69) is 289 Å². The minimum Gasteiger partial charge on any atom is -0.310 e. The average molecular weight is 908 g/mol. The molecule has 71 heavy (non-hydrogen) atoms. The van der Waals surface area contributed by atoms with Gasteiger partial charge >= 0.3 is 0 Å². The molecule has 0 amide bonds. The van der Waals surface area contributed by atoms with Crippen LogP contribution in [0.15, 0.2) is 261 Å². The Balaban J connectivity index is 1.11. The van der Waals surface area contributed by atoms with E-state index in [-0.39, 0.29) is 0 Å². The fraction of sp³-hybridized carbons (Fsp3) is 0.0294. The summed E-state index contributed by atoms with van der Waals surface area (Å²) in [4.78, 5) is 7.27. The molecular weight excluding hydrogens is 859 g/mol. The van der Waals surface area contributed by atoms with Gasteiger partial charge in [-0.15, -0.1) is 0 Å². The Labute approximate surface area is 414 Å². The first kappa shape index (κ1) is 42.0. The molecule has 13 rings (SSSR count). The lowest BCUT2D eigenvalue weighted by Gasteiger charge is -2.33. The van der Waals surface area contributed by atoms with E-state index >= 15 is 0 Å². The summed E-state index contributed by atoms with van der Waals surface area (Å²) in [5.74, 6) is 0. The number of fused-ring (bicyclic) bond motifs is 12. The number of hydrogen-bond acceptors (Lipinski definition) is 3. The third-order valence-electron chi connectivity index (χ3n) is 14.2. The fourth-order valence-corrected chi connectivity index (χ4v) is 10.9. The van der Waals surface area contributed by atoms with E-state index in [9.17, 15) is 0 Å². The molecule has 0 unspecified atom stereocenters. The van der Waals surface area contributed by atoms with Crippen molar-refractivity contribution in [3.8, 4) is 0 Å². The molecule has 0 atom stereocenters. The monoisotopic (exact) mass is 907 g/mol. The van der Waals surface area contributed by atoms with Crippen LogP contribution >= 0.6 is 0 Å². The predicted molar refractivity (Wildman–Crippen MR) is 305 cm³/mol. The Morgan fingerprint density at radius 3 is 0.704 bits per heavy atom. The fourth-order valence-electron chi connectivity index (χ4n) is 10.9. The molecule has 0 aliphatic carbocycles. The van der Waals surface area contributed by atoms with Crippen molar-refractivity contribution < 1.29 is 0 Å². The van der Waals surface area contributed by atoms with Crippen molar-refractivity contribution >= 4 is 116 Å². The zero-order chi connectivity index (χ0) is 47.4. The van der Waals surface area contributed by atoms with E-state index in [4.69, 9.17) is 0 Å². The highest BCUT2D eigenvalue weighted by molar-refractivity contribution is 6.27. The molecule has 0 heterocycles. The molecule has 0 fully saturated rings. The normalized spacial score (nSPS) is 11.5. The second-order valence-corrected chi connectivity index (χ2v) is 18.7. The predicted octanol–water partition coefficient (Wildman–Crippen LogP) is 19.6. The van der Waals surface area contributed by atoms with Gasteiger partial charge in [-0.25, -0.2) is 0 Å². The summed E-state index contributed by atoms with van der Waals surface area (Å²) in [6, 6.07) is 95.9. The van der Waals surface area contributed by atoms with Crippen molar-refractivity contribution in [1.29, 1.82) is 0 Å². The van der Waals surface area contributed by atoms with E-state index in [0.29, 0.717) is 0 Å². The highest BCUT2D eigenvalue weighted by Gasteiger charge is 2.24. The van der Waals surface area contributed by atoms with Crippen molar-refractivity contribution in [1.82, 2.24) is 0 Å². The van der Waals surface area contributed by atoms with Gasteiger partial charge in [-0.1, -0.05) is 181 Å². The maximum atomic E-state index is 2.43. The van der Waals surface area contributed by atoms with Gasteiger partial charge in [0.2, 0.25) is 0 Å². The largest absolute Gasteiger partial charge is 0.310 e. The molecule has 3 heteroatoms. The molecule has 0 N–H and O–H groups in total. The summed E-state index contributed by atoms with van der Waals surface area (Å²) in [7, 11) is 0. The first-order chi connectivity index (χ1) is 35.0. The SMILES string of the molecule is Cc1ccc(N(c2ccc(C)cc2)c2cc(N(c3ccccc3)c3ccc4c5ccccc5c5ccccc5c4c3)cc(N(c3ccccc3)c3ccc4c5ccccc5c5ccccc5c4c3)c2)cc1. The van der Waals surface area contributed by atoms with Gasteiger partial charge in [-0.3, -0.25) is 0 Å². The Morgan fingerprint density at radius 2 is 0.394 bits per heavy atom. The van der Waals surface area contributed by atoms with Crippen LogP contribution in [-0.2, 0) is 0 Å². The Bertz CT molecular complexity index is 3790. The number of aryl methyl sites for hydroxylation is 2. The van der Waals surface area contributed by atoms with E-state index in [1.807, 2.05) is 0 Å². The van der Waals surface area contributed by atoms with Crippen molar-refractivity contribution in [3.63, 3.8) is 0 Å². The van der Waals surface area contributed by atoms with Gasteiger partial charge in [0.25, 0.3) is 0 Å². The average Bonchev–Trinajstić information content (AvgIpc) is 3.43. The molecule has 0 aliphatic rings. The Hall–Kier alpha value is -9.18. The van der Waals surface area contributed by atoms with Crippen LogP contribution in [0.4, 0.5) is 51.2 Å². The van der Waals surface area contributed by atoms with E-state index in [0.717, 1.165) is 51.2 Å². The van der Waals surface area contributed by atoms with Crippen LogP contribution in [-0.4, -0.2) is 0 Å². The zero-order valence-electron chi connectivity index (χ0n) is 39.7. The van der Waals surface area contributed by atoms with Crippen LogP contribution in [0.2, 0.25) is 0 Å². The van der Waals surface area contributed by atoms with Crippen molar-refractivity contribution in [2.24, 2.45) is 0 Å². The summed E-state index contributed by atoms with van der Waals surface area (Å²) in [5, 5.41) is 14.9. The van der Waals surface area contributed by atoms with Gasteiger partial charge in [0, 0.05) is 34.1 Å². The lowest BCUT2D eigenvalue weighted by Crippen LogP contribution is -2.16. The molecular formula is C68H49N3.